The van der Waals surface area contributed by atoms with Gasteiger partial charge in [0.2, 0.25) is 0 Å². The molecule has 0 radical (unpaired) electrons. The fourth-order valence-corrected chi connectivity index (χ4v) is 3.66. The van der Waals surface area contributed by atoms with Crippen LogP contribution in [0.3, 0.4) is 0 Å². The number of fused-ring (bicyclic) bond motifs is 1. The molecule has 1 saturated heterocycles. The number of imidazole rings is 1. The normalized spacial score (nSPS) is 22.4. The molecule has 1 atom stereocenters. The minimum atomic E-state index is -0.323. The highest BCUT2D eigenvalue weighted by molar-refractivity contribution is 5.87. The molecule has 0 saturated carbocycles. The molecule has 1 unspecified atom stereocenters. The third-order valence-electron chi connectivity index (χ3n) is 4.77. The molecular weight excluding hydrogens is 292 g/mol. The van der Waals surface area contributed by atoms with Crippen molar-refractivity contribution in [3.05, 3.63) is 53.6 Å². The van der Waals surface area contributed by atoms with E-state index >= 15 is 0 Å². The lowest BCUT2D eigenvalue weighted by Gasteiger charge is -2.30. The van der Waals surface area contributed by atoms with E-state index < -0.39 is 0 Å². The Labute approximate surface area is 135 Å². The number of rotatable bonds is 3. The van der Waals surface area contributed by atoms with E-state index in [1.54, 1.807) is 12.5 Å². The third kappa shape index (κ3) is 2.36. The molecule has 1 fully saturated rings. The Balaban J connectivity index is 1.70. The standard InChI is InChI=1S/C18H20N2O3/c1-18(2)7-12-5-3-4-6-14(12)16(18)20-11-19-8-15(20)17(21)23-13-9-22-10-13/h3-6,8,11,13,16H,7,9-10H2,1-2H3. The van der Waals surface area contributed by atoms with Crippen LogP contribution in [-0.2, 0) is 15.9 Å². The van der Waals surface area contributed by atoms with Crippen LogP contribution in [0.5, 0.6) is 0 Å². The van der Waals surface area contributed by atoms with Crippen molar-refractivity contribution in [2.24, 2.45) is 5.41 Å². The Bertz CT molecular complexity index is 746. The highest BCUT2D eigenvalue weighted by Gasteiger charge is 2.41. The number of hydrogen-bond acceptors (Lipinski definition) is 4. The second-order valence-electron chi connectivity index (χ2n) is 7.02. The highest BCUT2D eigenvalue weighted by atomic mass is 16.6. The van der Waals surface area contributed by atoms with Crippen LogP contribution in [0, 0.1) is 5.41 Å². The van der Waals surface area contributed by atoms with Gasteiger partial charge in [0.25, 0.3) is 0 Å². The lowest BCUT2D eigenvalue weighted by atomic mass is 9.85. The van der Waals surface area contributed by atoms with E-state index in [-0.39, 0.29) is 23.5 Å². The first-order chi connectivity index (χ1) is 11.1. The van der Waals surface area contributed by atoms with E-state index in [0.29, 0.717) is 18.9 Å². The molecule has 23 heavy (non-hydrogen) atoms. The predicted octanol–water partition coefficient (Wildman–Crippen LogP) is 2.61. The maximum Gasteiger partial charge on any atom is 0.357 e. The van der Waals surface area contributed by atoms with Crippen LogP contribution in [0.4, 0.5) is 0 Å². The van der Waals surface area contributed by atoms with E-state index in [1.165, 1.54) is 11.1 Å². The summed E-state index contributed by atoms with van der Waals surface area (Å²) in [5, 5.41) is 0. The molecule has 1 aromatic carbocycles. The minimum absolute atomic E-state index is 0.0129. The summed E-state index contributed by atoms with van der Waals surface area (Å²) in [4.78, 5) is 16.7. The number of carbonyl (C=O) groups excluding carboxylic acids is 1. The summed E-state index contributed by atoms with van der Waals surface area (Å²) in [5.74, 6) is -0.323. The number of aromatic nitrogens is 2. The first-order valence-corrected chi connectivity index (χ1v) is 7.94. The molecule has 120 valence electrons. The first-order valence-electron chi connectivity index (χ1n) is 7.94. The van der Waals surface area contributed by atoms with Gasteiger partial charge in [-0.15, -0.1) is 0 Å². The molecule has 1 aliphatic heterocycles. The van der Waals surface area contributed by atoms with Gasteiger partial charge >= 0.3 is 5.97 Å². The molecule has 2 heterocycles. The smallest absolute Gasteiger partial charge is 0.357 e. The zero-order valence-corrected chi connectivity index (χ0v) is 13.4. The first kappa shape index (κ1) is 14.5. The molecule has 2 aromatic rings. The van der Waals surface area contributed by atoms with Gasteiger partial charge in [0, 0.05) is 0 Å². The van der Waals surface area contributed by atoms with Crippen molar-refractivity contribution in [2.45, 2.75) is 32.4 Å². The lowest BCUT2D eigenvalue weighted by molar-refractivity contribution is -0.104. The van der Waals surface area contributed by atoms with Crippen molar-refractivity contribution in [1.29, 1.82) is 0 Å². The number of ether oxygens (including phenoxy) is 2. The Kier molecular flexibility index (Phi) is 3.27. The SMILES string of the molecule is CC1(C)Cc2ccccc2C1n1cncc1C(=O)OC1COC1. The Morgan fingerprint density at radius 3 is 2.87 bits per heavy atom. The molecule has 0 spiro atoms. The van der Waals surface area contributed by atoms with E-state index in [9.17, 15) is 4.79 Å². The van der Waals surface area contributed by atoms with E-state index in [1.807, 2.05) is 10.6 Å². The average molecular weight is 312 g/mol. The van der Waals surface area contributed by atoms with Crippen LogP contribution in [0.2, 0.25) is 0 Å². The molecule has 5 nitrogen and oxygen atoms in total. The molecule has 1 aliphatic carbocycles. The Morgan fingerprint density at radius 2 is 2.13 bits per heavy atom. The van der Waals surface area contributed by atoms with Gasteiger partial charge in [-0.05, 0) is 23.0 Å². The van der Waals surface area contributed by atoms with E-state index in [4.69, 9.17) is 9.47 Å². The highest BCUT2D eigenvalue weighted by Crippen LogP contribution is 2.47. The Morgan fingerprint density at radius 1 is 1.35 bits per heavy atom. The van der Waals surface area contributed by atoms with Crippen LogP contribution in [0.15, 0.2) is 36.8 Å². The zero-order valence-electron chi connectivity index (χ0n) is 13.4. The molecule has 0 bridgehead atoms. The molecule has 0 N–H and O–H groups in total. The van der Waals surface area contributed by atoms with Gasteiger partial charge in [0.15, 0.2) is 0 Å². The largest absolute Gasteiger partial charge is 0.453 e. The molecule has 5 heteroatoms. The van der Waals surface area contributed by atoms with E-state index in [2.05, 4.69) is 37.0 Å². The second kappa shape index (κ2) is 5.20. The number of carbonyl (C=O) groups is 1. The van der Waals surface area contributed by atoms with Crippen molar-refractivity contribution in [1.82, 2.24) is 9.55 Å². The van der Waals surface area contributed by atoms with Crippen molar-refractivity contribution in [3.8, 4) is 0 Å². The molecule has 2 aliphatic rings. The summed E-state index contributed by atoms with van der Waals surface area (Å²) in [7, 11) is 0. The third-order valence-corrected chi connectivity index (χ3v) is 4.77. The maximum atomic E-state index is 12.5. The van der Waals surface area contributed by atoms with Crippen LogP contribution in [-0.4, -0.2) is 34.8 Å². The summed E-state index contributed by atoms with van der Waals surface area (Å²) in [5.41, 5.74) is 3.12. The van der Waals surface area contributed by atoms with Gasteiger partial charge in [-0.3, -0.25) is 0 Å². The van der Waals surface area contributed by atoms with Crippen LogP contribution >= 0.6 is 0 Å². The zero-order chi connectivity index (χ0) is 16.0. The fraction of sp³-hybridized carbons (Fsp3) is 0.444. The van der Waals surface area contributed by atoms with E-state index in [0.717, 1.165) is 6.42 Å². The molecule has 4 rings (SSSR count). The molecule has 0 amide bonds. The van der Waals surface area contributed by atoms with Gasteiger partial charge in [-0.25, -0.2) is 9.78 Å². The van der Waals surface area contributed by atoms with Crippen molar-refractivity contribution in [3.63, 3.8) is 0 Å². The predicted molar refractivity (Wildman–Crippen MR) is 84.3 cm³/mol. The second-order valence-corrected chi connectivity index (χ2v) is 7.02. The summed E-state index contributed by atoms with van der Waals surface area (Å²) >= 11 is 0. The topological polar surface area (TPSA) is 53.4 Å². The quantitative estimate of drug-likeness (QED) is 0.818. The number of esters is 1. The number of benzene rings is 1. The Hall–Kier alpha value is -2.14. The monoisotopic (exact) mass is 312 g/mol. The van der Waals surface area contributed by atoms with Crippen molar-refractivity contribution in [2.75, 3.05) is 13.2 Å². The summed E-state index contributed by atoms with van der Waals surface area (Å²) in [6, 6.07) is 8.51. The lowest BCUT2D eigenvalue weighted by Crippen LogP contribution is -2.38. The summed E-state index contributed by atoms with van der Waals surface area (Å²) in [6.45, 7) is 5.42. The van der Waals surface area contributed by atoms with Crippen LogP contribution < -0.4 is 0 Å². The van der Waals surface area contributed by atoms with Crippen LogP contribution in [0.25, 0.3) is 0 Å². The van der Waals surface area contributed by atoms with Gasteiger partial charge in [0.05, 0.1) is 31.8 Å². The fourth-order valence-electron chi connectivity index (χ4n) is 3.66. The summed E-state index contributed by atoms with van der Waals surface area (Å²) in [6.07, 6.45) is 4.19. The summed E-state index contributed by atoms with van der Waals surface area (Å²) < 4.78 is 12.5. The van der Waals surface area contributed by atoms with Crippen molar-refractivity contribution >= 4 is 5.97 Å². The van der Waals surface area contributed by atoms with Crippen molar-refractivity contribution < 1.29 is 14.3 Å². The van der Waals surface area contributed by atoms with Gasteiger partial charge in [-0.1, -0.05) is 38.1 Å². The molecule has 1 aromatic heterocycles. The number of hydrogen-bond donors (Lipinski definition) is 0. The van der Waals surface area contributed by atoms with Gasteiger partial charge < -0.3 is 14.0 Å². The maximum absolute atomic E-state index is 12.5. The van der Waals surface area contributed by atoms with Gasteiger partial charge in [0.1, 0.15) is 11.8 Å². The number of nitrogens with zero attached hydrogens (tertiary/aromatic N) is 2. The molecular formula is C18H20N2O3. The average Bonchev–Trinajstić information content (AvgIpc) is 3.02. The minimum Gasteiger partial charge on any atom is -0.453 e. The van der Waals surface area contributed by atoms with Gasteiger partial charge in [-0.2, -0.15) is 0 Å². The van der Waals surface area contributed by atoms with Crippen LogP contribution in [0.1, 0.15) is 41.5 Å².